The average Bonchev–Trinajstić information content (AvgIpc) is 2.42. The minimum atomic E-state index is 0.155. The van der Waals surface area contributed by atoms with E-state index < -0.39 is 0 Å². The van der Waals surface area contributed by atoms with Gasteiger partial charge in [-0.1, -0.05) is 6.42 Å². The third-order valence-electron chi connectivity index (χ3n) is 4.63. The molecule has 104 valence electrons. The largest absolute Gasteiger partial charge is 0.424 e. The van der Waals surface area contributed by atoms with E-state index in [4.69, 9.17) is 20.0 Å². The Balaban J connectivity index is 1.70. The quantitative estimate of drug-likeness (QED) is 0.727. The summed E-state index contributed by atoms with van der Waals surface area (Å²) in [7, 11) is 0. The first kappa shape index (κ1) is 14.0. The number of hydrogen-bond acceptors (Lipinski definition) is 4. The summed E-state index contributed by atoms with van der Waals surface area (Å²) in [5, 5.41) is 17.1. The molecule has 4 heteroatoms. The van der Waals surface area contributed by atoms with E-state index in [0.29, 0.717) is 5.92 Å². The van der Waals surface area contributed by atoms with E-state index in [-0.39, 0.29) is 12.2 Å². The standard InChI is InChI=1S/C15H22N2O2/c16-10-18-14-6-4-12(5-7-14)8-13-2-1-3-15(9-13)19-11-17/h12-15H,1-9H2. The maximum Gasteiger partial charge on any atom is 0.286 e. The van der Waals surface area contributed by atoms with Crippen molar-refractivity contribution in [3.63, 3.8) is 0 Å². The smallest absolute Gasteiger partial charge is 0.286 e. The zero-order valence-corrected chi connectivity index (χ0v) is 11.4. The monoisotopic (exact) mass is 262 g/mol. The Kier molecular flexibility index (Phi) is 5.33. The molecule has 0 N–H and O–H groups in total. The highest BCUT2D eigenvalue weighted by molar-refractivity contribution is 4.81. The van der Waals surface area contributed by atoms with E-state index in [1.807, 2.05) is 6.26 Å². The maximum atomic E-state index is 8.59. The highest BCUT2D eigenvalue weighted by atomic mass is 16.5. The topological polar surface area (TPSA) is 66.0 Å². The lowest BCUT2D eigenvalue weighted by molar-refractivity contribution is 0.0674. The molecule has 0 aromatic rings. The lowest BCUT2D eigenvalue weighted by Crippen LogP contribution is -2.26. The van der Waals surface area contributed by atoms with Crippen molar-refractivity contribution in [2.45, 2.75) is 70.0 Å². The van der Waals surface area contributed by atoms with Gasteiger partial charge in [0.2, 0.25) is 0 Å². The molecule has 2 saturated carbocycles. The molecule has 2 rings (SSSR count). The molecule has 0 radical (unpaired) electrons. The van der Waals surface area contributed by atoms with Crippen molar-refractivity contribution in [2.75, 3.05) is 0 Å². The summed E-state index contributed by atoms with van der Waals surface area (Å²) in [4.78, 5) is 0. The Bertz CT molecular complexity index is 350. The summed E-state index contributed by atoms with van der Waals surface area (Å²) >= 11 is 0. The Morgan fingerprint density at radius 1 is 0.789 bits per heavy atom. The Morgan fingerprint density at radius 3 is 2.16 bits per heavy atom. The van der Waals surface area contributed by atoms with Crippen LogP contribution in [0.25, 0.3) is 0 Å². The second kappa shape index (κ2) is 7.24. The Morgan fingerprint density at radius 2 is 1.47 bits per heavy atom. The van der Waals surface area contributed by atoms with E-state index in [1.165, 1.54) is 32.1 Å². The molecule has 0 aromatic carbocycles. The molecule has 2 unspecified atom stereocenters. The summed E-state index contributed by atoms with van der Waals surface area (Å²) in [6.45, 7) is 0. The van der Waals surface area contributed by atoms with Crippen LogP contribution < -0.4 is 0 Å². The molecule has 2 aliphatic rings. The van der Waals surface area contributed by atoms with Gasteiger partial charge in [0.1, 0.15) is 12.2 Å². The predicted molar refractivity (Wildman–Crippen MR) is 69.5 cm³/mol. The van der Waals surface area contributed by atoms with Crippen LogP contribution in [0.2, 0.25) is 0 Å². The van der Waals surface area contributed by atoms with Crippen molar-refractivity contribution < 1.29 is 9.47 Å². The summed E-state index contributed by atoms with van der Waals surface area (Å²) in [5.74, 6) is 1.48. The summed E-state index contributed by atoms with van der Waals surface area (Å²) in [6, 6.07) is 0. The number of hydrogen-bond donors (Lipinski definition) is 0. The van der Waals surface area contributed by atoms with Gasteiger partial charge >= 0.3 is 0 Å². The maximum absolute atomic E-state index is 8.59. The third kappa shape index (κ3) is 4.31. The molecular formula is C15H22N2O2. The number of nitrogens with zero attached hydrogens (tertiary/aromatic N) is 2. The van der Waals surface area contributed by atoms with Gasteiger partial charge in [-0.25, -0.2) is 0 Å². The molecule has 2 aliphatic carbocycles. The minimum Gasteiger partial charge on any atom is -0.424 e. The summed E-state index contributed by atoms with van der Waals surface area (Å²) in [5.41, 5.74) is 0. The van der Waals surface area contributed by atoms with Crippen LogP contribution in [0.1, 0.15) is 57.8 Å². The van der Waals surface area contributed by atoms with E-state index in [2.05, 4.69) is 0 Å². The van der Waals surface area contributed by atoms with Gasteiger partial charge < -0.3 is 9.47 Å². The van der Waals surface area contributed by atoms with Crippen LogP contribution in [-0.2, 0) is 9.47 Å². The molecule has 19 heavy (non-hydrogen) atoms. The van der Waals surface area contributed by atoms with Crippen LogP contribution in [0.4, 0.5) is 0 Å². The van der Waals surface area contributed by atoms with Gasteiger partial charge in [-0.3, -0.25) is 0 Å². The van der Waals surface area contributed by atoms with Gasteiger partial charge in [0, 0.05) is 0 Å². The number of rotatable bonds is 4. The Hall–Kier alpha value is -1.42. The van der Waals surface area contributed by atoms with E-state index in [1.54, 1.807) is 6.26 Å². The zero-order chi connectivity index (χ0) is 13.5. The molecule has 0 amide bonds. The SMILES string of the molecule is N#COC1CCC(CC2CCCC(OC#N)C2)CC1. The fourth-order valence-electron chi connectivity index (χ4n) is 3.67. The molecule has 0 aromatic heterocycles. The fraction of sp³-hybridized carbons (Fsp3) is 0.867. The molecule has 0 saturated heterocycles. The average molecular weight is 262 g/mol. The third-order valence-corrected chi connectivity index (χ3v) is 4.63. The summed E-state index contributed by atoms with van der Waals surface area (Å²) in [6.07, 6.45) is 14.1. The molecule has 0 heterocycles. The van der Waals surface area contributed by atoms with Gasteiger partial charge in [-0.05, 0) is 63.2 Å². The van der Waals surface area contributed by atoms with Gasteiger partial charge in [0.25, 0.3) is 12.5 Å². The van der Waals surface area contributed by atoms with E-state index >= 15 is 0 Å². The fourth-order valence-corrected chi connectivity index (χ4v) is 3.67. The minimum absolute atomic E-state index is 0.155. The van der Waals surface area contributed by atoms with Crippen LogP contribution in [0.15, 0.2) is 0 Å². The zero-order valence-electron chi connectivity index (χ0n) is 11.4. The summed E-state index contributed by atoms with van der Waals surface area (Å²) < 4.78 is 10.1. The molecule has 4 nitrogen and oxygen atoms in total. The lowest BCUT2D eigenvalue weighted by Gasteiger charge is -2.33. The first-order valence-corrected chi connectivity index (χ1v) is 7.41. The lowest BCUT2D eigenvalue weighted by atomic mass is 9.76. The van der Waals surface area contributed by atoms with Crippen LogP contribution in [-0.4, -0.2) is 12.2 Å². The van der Waals surface area contributed by atoms with Crippen molar-refractivity contribution in [3.8, 4) is 12.5 Å². The Labute approximate surface area is 115 Å². The van der Waals surface area contributed by atoms with Gasteiger partial charge in [0.15, 0.2) is 0 Å². The molecule has 0 bridgehead atoms. The number of ether oxygens (including phenoxy) is 2. The van der Waals surface area contributed by atoms with Gasteiger partial charge in [-0.15, -0.1) is 0 Å². The van der Waals surface area contributed by atoms with E-state index in [9.17, 15) is 0 Å². The second-order valence-electron chi connectivity index (χ2n) is 5.95. The number of nitriles is 2. The van der Waals surface area contributed by atoms with Crippen molar-refractivity contribution >= 4 is 0 Å². The predicted octanol–water partition coefficient (Wildman–Crippen LogP) is 3.49. The van der Waals surface area contributed by atoms with Crippen molar-refractivity contribution in [1.82, 2.24) is 0 Å². The van der Waals surface area contributed by atoms with Crippen molar-refractivity contribution in [1.29, 1.82) is 10.5 Å². The molecule has 2 atom stereocenters. The van der Waals surface area contributed by atoms with Gasteiger partial charge in [0.05, 0.1) is 0 Å². The first-order chi connectivity index (χ1) is 9.31. The second-order valence-corrected chi connectivity index (χ2v) is 5.95. The van der Waals surface area contributed by atoms with Crippen LogP contribution in [0.5, 0.6) is 0 Å². The van der Waals surface area contributed by atoms with Crippen LogP contribution in [0.3, 0.4) is 0 Å². The van der Waals surface area contributed by atoms with E-state index in [0.717, 1.165) is 31.6 Å². The highest BCUT2D eigenvalue weighted by Crippen LogP contribution is 2.36. The molecule has 0 spiro atoms. The van der Waals surface area contributed by atoms with Crippen molar-refractivity contribution in [2.24, 2.45) is 11.8 Å². The molecule has 2 fully saturated rings. The van der Waals surface area contributed by atoms with Crippen LogP contribution in [0, 0.1) is 34.9 Å². The van der Waals surface area contributed by atoms with Crippen molar-refractivity contribution in [3.05, 3.63) is 0 Å². The normalized spacial score (nSPS) is 34.8. The van der Waals surface area contributed by atoms with Gasteiger partial charge in [-0.2, -0.15) is 10.5 Å². The highest BCUT2D eigenvalue weighted by Gasteiger charge is 2.28. The molecular weight excluding hydrogens is 240 g/mol. The first-order valence-electron chi connectivity index (χ1n) is 7.41. The molecule has 0 aliphatic heterocycles. The van der Waals surface area contributed by atoms with Crippen LogP contribution >= 0.6 is 0 Å².